The van der Waals surface area contributed by atoms with Crippen LogP contribution in [0.25, 0.3) is 0 Å². The Morgan fingerprint density at radius 1 is 1.19 bits per heavy atom. The van der Waals surface area contributed by atoms with E-state index < -0.39 is 11.7 Å². The van der Waals surface area contributed by atoms with E-state index in [1.54, 1.807) is 24.5 Å². The van der Waals surface area contributed by atoms with Crippen molar-refractivity contribution in [2.24, 2.45) is 4.99 Å². The highest BCUT2D eigenvalue weighted by Crippen LogP contribution is 2.33. The maximum absolute atomic E-state index is 13.3. The van der Waals surface area contributed by atoms with E-state index >= 15 is 0 Å². The predicted octanol–water partition coefficient (Wildman–Crippen LogP) is 4.56. The number of benzene rings is 1. The lowest BCUT2D eigenvalue weighted by atomic mass is 10.1. The molecule has 1 aliphatic rings. The summed E-state index contributed by atoms with van der Waals surface area (Å²) >= 11 is 1.64. The number of anilines is 1. The summed E-state index contributed by atoms with van der Waals surface area (Å²) in [6.45, 7) is 5.63. The molecule has 1 fully saturated rings. The minimum absolute atomic E-state index is 0. The molecule has 1 aromatic heterocycles. The number of rotatable bonds is 5. The van der Waals surface area contributed by atoms with Crippen LogP contribution >= 0.6 is 35.3 Å². The molecule has 0 radical (unpaired) electrons. The van der Waals surface area contributed by atoms with Gasteiger partial charge in [-0.15, -0.1) is 35.3 Å². The molecule has 2 heterocycles. The van der Waals surface area contributed by atoms with Crippen LogP contribution in [-0.2, 0) is 12.7 Å². The van der Waals surface area contributed by atoms with E-state index in [9.17, 15) is 13.2 Å². The third kappa shape index (κ3) is 6.98. The number of alkyl halides is 3. The fourth-order valence-corrected chi connectivity index (χ4v) is 4.18. The van der Waals surface area contributed by atoms with Crippen LogP contribution in [-0.4, -0.2) is 51.1 Å². The van der Waals surface area contributed by atoms with Gasteiger partial charge in [0.1, 0.15) is 0 Å². The molecular weight excluding hydrogens is 538 g/mol. The van der Waals surface area contributed by atoms with Gasteiger partial charge in [-0.05, 0) is 49.2 Å². The molecule has 0 aliphatic carbocycles. The highest BCUT2D eigenvalue weighted by molar-refractivity contribution is 14.0. The van der Waals surface area contributed by atoms with E-state index in [0.29, 0.717) is 11.5 Å². The molecule has 1 saturated heterocycles. The number of halogens is 4. The first-order valence-corrected chi connectivity index (χ1v) is 10.8. The van der Waals surface area contributed by atoms with Crippen molar-refractivity contribution < 1.29 is 13.2 Å². The fraction of sp³-hybridized carbons (Fsp3) is 0.476. The Balaban J connectivity index is 0.00000341. The second-order valence-electron chi connectivity index (χ2n) is 7.44. The Bertz CT molecular complexity index is 849. The molecule has 172 valence electrons. The predicted molar refractivity (Wildman–Crippen MR) is 133 cm³/mol. The lowest BCUT2D eigenvalue weighted by Crippen LogP contribution is -2.45. The standard InChI is InChI=1S/C21H28F3N5S.HI/c1-15(19-5-4-12-30-19)27-20(25-2)26-14-16-13-17(21(22,23)24)6-7-18(16)29-10-8-28(3)9-11-29;/h4-7,12-13,15H,8-11,14H2,1-3H3,(H2,25,26,27);1H. The molecule has 0 bridgehead atoms. The summed E-state index contributed by atoms with van der Waals surface area (Å²) in [6.07, 6.45) is -4.37. The van der Waals surface area contributed by atoms with Crippen molar-refractivity contribution in [3.05, 3.63) is 51.7 Å². The van der Waals surface area contributed by atoms with Crippen molar-refractivity contribution in [3.8, 4) is 0 Å². The molecule has 10 heteroatoms. The minimum Gasteiger partial charge on any atom is -0.369 e. The van der Waals surface area contributed by atoms with Gasteiger partial charge < -0.3 is 20.4 Å². The molecule has 0 saturated carbocycles. The molecule has 0 amide bonds. The Morgan fingerprint density at radius 3 is 2.48 bits per heavy atom. The minimum atomic E-state index is -4.37. The van der Waals surface area contributed by atoms with Crippen LogP contribution in [0.5, 0.6) is 0 Å². The fourth-order valence-electron chi connectivity index (χ4n) is 3.45. The van der Waals surface area contributed by atoms with Crippen molar-refractivity contribution in [3.63, 3.8) is 0 Å². The van der Waals surface area contributed by atoms with Gasteiger partial charge in [0.2, 0.25) is 0 Å². The van der Waals surface area contributed by atoms with Crippen LogP contribution in [0.15, 0.2) is 40.7 Å². The quantitative estimate of drug-likeness (QED) is 0.316. The number of hydrogen-bond acceptors (Lipinski definition) is 4. The number of hydrogen-bond donors (Lipinski definition) is 2. The number of nitrogens with one attached hydrogen (secondary N) is 2. The highest BCUT2D eigenvalue weighted by atomic mass is 127. The third-order valence-electron chi connectivity index (χ3n) is 5.24. The highest BCUT2D eigenvalue weighted by Gasteiger charge is 2.31. The Kier molecular flexibility index (Phi) is 9.44. The maximum Gasteiger partial charge on any atom is 0.416 e. The molecule has 1 aliphatic heterocycles. The number of likely N-dealkylation sites (N-methyl/N-ethyl adjacent to an activating group) is 1. The first kappa shape index (κ1) is 25.7. The van der Waals surface area contributed by atoms with Gasteiger partial charge in [0.25, 0.3) is 0 Å². The Hall–Kier alpha value is -1.53. The largest absolute Gasteiger partial charge is 0.416 e. The van der Waals surface area contributed by atoms with E-state index in [1.165, 1.54) is 12.1 Å². The summed E-state index contributed by atoms with van der Waals surface area (Å²) in [5.41, 5.74) is 0.818. The van der Waals surface area contributed by atoms with Gasteiger partial charge in [0, 0.05) is 50.3 Å². The molecule has 3 rings (SSSR count). The molecule has 31 heavy (non-hydrogen) atoms. The topological polar surface area (TPSA) is 42.9 Å². The van der Waals surface area contributed by atoms with Gasteiger partial charge in [-0.25, -0.2) is 0 Å². The SMILES string of the molecule is CN=C(NCc1cc(C(F)(F)F)ccc1N1CCN(C)CC1)NC(C)c1cccs1.I. The van der Waals surface area contributed by atoms with Crippen molar-refractivity contribution in [1.29, 1.82) is 0 Å². The molecular formula is C21H29F3IN5S. The van der Waals surface area contributed by atoms with E-state index in [4.69, 9.17) is 0 Å². The first-order chi connectivity index (χ1) is 14.3. The molecule has 1 unspecified atom stereocenters. The molecule has 1 aromatic carbocycles. The second kappa shape index (κ2) is 11.4. The first-order valence-electron chi connectivity index (χ1n) is 9.92. The number of aliphatic imine (C=N–C) groups is 1. The lowest BCUT2D eigenvalue weighted by molar-refractivity contribution is -0.137. The van der Waals surface area contributed by atoms with Crippen molar-refractivity contribution in [1.82, 2.24) is 15.5 Å². The summed E-state index contributed by atoms with van der Waals surface area (Å²) in [7, 11) is 3.71. The van der Waals surface area contributed by atoms with E-state index in [2.05, 4.69) is 32.5 Å². The average molecular weight is 567 g/mol. The normalized spacial score (nSPS) is 16.6. The molecule has 2 N–H and O–H groups in total. The van der Waals surface area contributed by atoms with E-state index in [1.807, 2.05) is 24.4 Å². The molecule has 0 spiro atoms. The number of piperazine rings is 1. The van der Waals surface area contributed by atoms with Crippen LogP contribution in [0, 0.1) is 0 Å². The molecule has 5 nitrogen and oxygen atoms in total. The van der Waals surface area contributed by atoms with Gasteiger partial charge in [0.15, 0.2) is 5.96 Å². The van der Waals surface area contributed by atoms with Crippen molar-refractivity contribution in [2.45, 2.75) is 25.7 Å². The summed E-state index contributed by atoms with van der Waals surface area (Å²) in [5.74, 6) is 0.553. The van der Waals surface area contributed by atoms with E-state index in [0.717, 1.165) is 36.7 Å². The second-order valence-corrected chi connectivity index (χ2v) is 8.42. The Morgan fingerprint density at radius 2 is 1.90 bits per heavy atom. The maximum atomic E-state index is 13.3. The van der Waals surface area contributed by atoms with Crippen molar-refractivity contribution >= 4 is 47.0 Å². The smallest absolute Gasteiger partial charge is 0.369 e. The number of thiophene rings is 1. The Labute approximate surface area is 202 Å². The summed E-state index contributed by atoms with van der Waals surface area (Å²) < 4.78 is 39.9. The molecule has 1 atom stereocenters. The van der Waals surface area contributed by atoms with Gasteiger partial charge >= 0.3 is 6.18 Å². The van der Waals surface area contributed by atoms with Crippen molar-refractivity contribution in [2.75, 3.05) is 45.2 Å². The van der Waals surface area contributed by atoms with Gasteiger partial charge in [-0.2, -0.15) is 13.2 Å². The monoisotopic (exact) mass is 567 g/mol. The zero-order valence-corrected chi connectivity index (χ0v) is 21.0. The summed E-state index contributed by atoms with van der Waals surface area (Å²) in [5, 5.41) is 8.49. The lowest BCUT2D eigenvalue weighted by Gasteiger charge is -2.35. The number of nitrogens with zero attached hydrogens (tertiary/aromatic N) is 3. The van der Waals surface area contributed by atoms with Gasteiger partial charge in [-0.1, -0.05) is 6.07 Å². The summed E-state index contributed by atoms with van der Waals surface area (Å²) in [4.78, 5) is 9.77. The number of guanidine groups is 1. The van der Waals surface area contributed by atoms with E-state index in [-0.39, 0.29) is 36.6 Å². The average Bonchev–Trinajstić information content (AvgIpc) is 3.26. The van der Waals surface area contributed by atoms with Gasteiger partial charge in [-0.3, -0.25) is 4.99 Å². The van der Waals surface area contributed by atoms with Crippen LogP contribution in [0.3, 0.4) is 0 Å². The molecule has 2 aromatic rings. The van der Waals surface area contributed by atoms with Crippen LogP contribution in [0.4, 0.5) is 18.9 Å². The third-order valence-corrected chi connectivity index (χ3v) is 6.30. The van der Waals surface area contributed by atoms with Crippen LogP contribution in [0.2, 0.25) is 0 Å². The van der Waals surface area contributed by atoms with Crippen LogP contribution < -0.4 is 15.5 Å². The van der Waals surface area contributed by atoms with Crippen LogP contribution in [0.1, 0.15) is 29.0 Å². The zero-order chi connectivity index (χ0) is 21.7. The zero-order valence-electron chi connectivity index (χ0n) is 17.9. The summed E-state index contributed by atoms with van der Waals surface area (Å²) in [6, 6.07) is 8.08. The van der Waals surface area contributed by atoms with Gasteiger partial charge in [0.05, 0.1) is 11.6 Å².